The summed E-state index contributed by atoms with van der Waals surface area (Å²) in [6.07, 6.45) is 5.97. The monoisotopic (exact) mass is 347 g/mol. The minimum Gasteiger partial charge on any atom is -0.380 e. The summed E-state index contributed by atoms with van der Waals surface area (Å²) in [7, 11) is 0. The molecule has 1 saturated carbocycles. The van der Waals surface area contributed by atoms with Crippen molar-refractivity contribution in [2.45, 2.75) is 38.6 Å². The summed E-state index contributed by atoms with van der Waals surface area (Å²) < 4.78 is 0. The SMILES string of the molecule is C[C@@H]1CC(=O)Nc2cccc(-c3cnc4n[nH]c(CC5CC5)c4c3)c2N1. The van der Waals surface area contributed by atoms with Gasteiger partial charge in [0.15, 0.2) is 5.65 Å². The van der Waals surface area contributed by atoms with Crippen LogP contribution in [-0.4, -0.2) is 27.1 Å². The Balaban J connectivity index is 1.61. The number of carbonyl (C=O) groups excluding carboxylic acids is 1. The molecule has 3 heterocycles. The van der Waals surface area contributed by atoms with E-state index in [4.69, 9.17) is 0 Å². The van der Waals surface area contributed by atoms with Gasteiger partial charge in [-0.3, -0.25) is 9.89 Å². The van der Waals surface area contributed by atoms with Gasteiger partial charge in [-0.1, -0.05) is 12.1 Å². The Hall–Kier alpha value is -2.89. The molecule has 6 heteroatoms. The van der Waals surface area contributed by atoms with Gasteiger partial charge in [0.2, 0.25) is 5.91 Å². The molecule has 1 fully saturated rings. The third-order valence-corrected chi connectivity index (χ3v) is 5.21. The molecule has 26 heavy (non-hydrogen) atoms. The minimum absolute atomic E-state index is 0.0380. The standard InChI is InChI=1S/C20H21N5O/c1-11-7-18(26)23-16-4-2-3-14(19(16)22-11)13-9-15-17(8-12-5-6-12)24-25-20(15)21-10-13/h2-4,9-12,22H,5-8H2,1H3,(H,23,26)(H,21,24,25)/t11-/m1/s1. The van der Waals surface area contributed by atoms with E-state index in [9.17, 15) is 4.79 Å². The lowest BCUT2D eigenvalue weighted by atomic mass is 10.0. The molecule has 1 aromatic carbocycles. The third kappa shape index (κ3) is 2.71. The summed E-state index contributed by atoms with van der Waals surface area (Å²) in [4.78, 5) is 16.6. The normalized spacial score (nSPS) is 19.6. The molecule has 3 N–H and O–H groups in total. The van der Waals surface area contributed by atoms with Gasteiger partial charge in [0.25, 0.3) is 0 Å². The van der Waals surface area contributed by atoms with Crippen molar-refractivity contribution in [3.05, 3.63) is 36.2 Å². The van der Waals surface area contributed by atoms with Crippen LogP contribution in [0.15, 0.2) is 30.5 Å². The van der Waals surface area contributed by atoms with Gasteiger partial charge in [-0.15, -0.1) is 0 Å². The van der Waals surface area contributed by atoms with Gasteiger partial charge >= 0.3 is 0 Å². The maximum absolute atomic E-state index is 12.0. The average molecular weight is 347 g/mol. The lowest BCUT2D eigenvalue weighted by Gasteiger charge is -2.16. The van der Waals surface area contributed by atoms with E-state index < -0.39 is 0 Å². The van der Waals surface area contributed by atoms with Crippen molar-refractivity contribution in [2.75, 3.05) is 10.6 Å². The number of hydrogen-bond donors (Lipinski definition) is 3. The lowest BCUT2D eigenvalue weighted by molar-refractivity contribution is -0.116. The van der Waals surface area contributed by atoms with Crippen molar-refractivity contribution in [3.8, 4) is 11.1 Å². The summed E-state index contributed by atoms with van der Waals surface area (Å²) in [6.45, 7) is 2.02. The molecule has 0 radical (unpaired) electrons. The zero-order valence-electron chi connectivity index (χ0n) is 14.7. The fourth-order valence-electron chi connectivity index (χ4n) is 3.69. The van der Waals surface area contributed by atoms with Crippen LogP contribution in [0.4, 0.5) is 11.4 Å². The van der Waals surface area contributed by atoms with E-state index in [1.807, 2.05) is 25.3 Å². The number of aromatic nitrogens is 3. The first kappa shape index (κ1) is 15.4. The first-order valence-corrected chi connectivity index (χ1v) is 9.20. The van der Waals surface area contributed by atoms with Crippen molar-refractivity contribution < 1.29 is 4.79 Å². The molecule has 1 atom stereocenters. The first-order chi connectivity index (χ1) is 12.7. The number of anilines is 2. The highest BCUT2D eigenvalue weighted by Crippen LogP contribution is 2.38. The molecule has 5 rings (SSSR count). The number of para-hydroxylation sites is 1. The molecular formula is C20H21N5O. The zero-order chi connectivity index (χ0) is 17.7. The molecule has 0 unspecified atom stereocenters. The smallest absolute Gasteiger partial charge is 0.226 e. The number of carbonyl (C=O) groups is 1. The predicted molar refractivity (Wildman–Crippen MR) is 102 cm³/mol. The second-order valence-corrected chi connectivity index (χ2v) is 7.47. The zero-order valence-corrected chi connectivity index (χ0v) is 14.7. The van der Waals surface area contributed by atoms with Gasteiger partial charge in [-0.2, -0.15) is 5.10 Å². The van der Waals surface area contributed by atoms with Crippen LogP contribution in [0.5, 0.6) is 0 Å². The number of pyridine rings is 1. The maximum atomic E-state index is 12.0. The van der Waals surface area contributed by atoms with Crippen LogP contribution in [0.1, 0.15) is 31.9 Å². The van der Waals surface area contributed by atoms with Gasteiger partial charge < -0.3 is 10.6 Å². The van der Waals surface area contributed by atoms with Crippen LogP contribution in [0, 0.1) is 5.92 Å². The summed E-state index contributed by atoms with van der Waals surface area (Å²) in [5, 5.41) is 15.1. The Labute approximate surface area is 151 Å². The van der Waals surface area contributed by atoms with Crippen LogP contribution >= 0.6 is 0 Å². The van der Waals surface area contributed by atoms with E-state index >= 15 is 0 Å². The number of benzene rings is 1. The number of amides is 1. The van der Waals surface area contributed by atoms with Crippen LogP contribution in [0.2, 0.25) is 0 Å². The highest BCUT2D eigenvalue weighted by molar-refractivity contribution is 6.00. The van der Waals surface area contributed by atoms with Gasteiger partial charge in [0.05, 0.1) is 11.4 Å². The Morgan fingerprint density at radius 1 is 1.27 bits per heavy atom. The Morgan fingerprint density at radius 2 is 2.15 bits per heavy atom. The molecule has 1 amide bonds. The van der Waals surface area contributed by atoms with Crippen LogP contribution < -0.4 is 10.6 Å². The molecule has 3 aromatic rings. The highest BCUT2D eigenvalue weighted by Gasteiger charge is 2.24. The lowest BCUT2D eigenvalue weighted by Crippen LogP contribution is -2.19. The van der Waals surface area contributed by atoms with Crippen molar-refractivity contribution in [3.63, 3.8) is 0 Å². The molecule has 2 aromatic heterocycles. The number of aromatic amines is 1. The van der Waals surface area contributed by atoms with E-state index in [1.165, 1.54) is 18.5 Å². The topological polar surface area (TPSA) is 82.7 Å². The minimum atomic E-state index is 0.0380. The molecule has 2 aliphatic rings. The summed E-state index contributed by atoms with van der Waals surface area (Å²) >= 11 is 0. The molecule has 6 nitrogen and oxygen atoms in total. The number of fused-ring (bicyclic) bond motifs is 2. The first-order valence-electron chi connectivity index (χ1n) is 9.20. The van der Waals surface area contributed by atoms with E-state index in [2.05, 4.69) is 37.9 Å². The third-order valence-electron chi connectivity index (χ3n) is 5.21. The van der Waals surface area contributed by atoms with E-state index in [1.54, 1.807) is 0 Å². The van der Waals surface area contributed by atoms with Gasteiger partial charge in [0.1, 0.15) is 0 Å². The van der Waals surface area contributed by atoms with E-state index in [0.29, 0.717) is 6.42 Å². The van der Waals surface area contributed by atoms with Crippen molar-refractivity contribution >= 4 is 28.3 Å². The summed E-state index contributed by atoms with van der Waals surface area (Å²) in [6, 6.07) is 8.21. The van der Waals surface area contributed by atoms with Crippen molar-refractivity contribution in [1.29, 1.82) is 0 Å². The number of hydrogen-bond acceptors (Lipinski definition) is 4. The van der Waals surface area contributed by atoms with Gasteiger partial charge in [-0.05, 0) is 44.2 Å². The number of nitrogens with zero attached hydrogens (tertiary/aromatic N) is 2. The van der Waals surface area contributed by atoms with Crippen molar-refractivity contribution in [2.24, 2.45) is 5.92 Å². The summed E-state index contributed by atoms with van der Waals surface area (Å²) in [5.41, 5.74) is 5.80. The van der Waals surface area contributed by atoms with Crippen LogP contribution in [0.3, 0.4) is 0 Å². The maximum Gasteiger partial charge on any atom is 0.226 e. The highest BCUT2D eigenvalue weighted by atomic mass is 16.1. The Bertz CT molecular complexity index is 1000. The van der Waals surface area contributed by atoms with Gasteiger partial charge in [0, 0.05) is 40.9 Å². The second kappa shape index (κ2) is 5.83. The average Bonchev–Trinajstić information content (AvgIpc) is 3.37. The van der Waals surface area contributed by atoms with E-state index in [0.717, 1.165) is 45.9 Å². The predicted octanol–water partition coefficient (Wildman–Crippen LogP) is 3.72. The molecule has 0 saturated heterocycles. The second-order valence-electron chi connectivity index (χ2n) is 7.47. The van der Waals surface area contributed by atoms with Gasteiger partial charge in [-0.25, -0.2) is 4.98 Å². The van der Waals surface area contributed by atoms with Crippen LogP contribution in [-0.2, 0) is 11.2 Å². The Kier molecular flexibility index (Phi) is 3.45. The molecule has 132 valence electrons. The molecular weight excluding hydrogens is 326 g/mol. The fourth-order valence-corrected chi connectivity index (χ4v) is 3.69. The van der Waals surface area contributed by atoms with E-state index in [-0.39, 0.29) is 11.9 Å². The number of nitrogens with one attached hydrogen (secondary N) is 3. The summed E-state index contributed by atoms with van der Waals surface area (Å²) in [5.74, 6) is 0.823. The number of rotatable bonds is 3. The molecule has 0 spiro atoms. The molecule has 1 aliphatic heterocycles. The largest absolute Gasteiger partial charge is 0.380 e. The fraction of sp³-hybridized carbons (Fsp3) is 0.350. The Morgan fingerprint density at radius 3 is 3.00 bits per heavy atom. The molecule has 1 aliphatic carbocycles. The molecule has 0 bridgehead atoms. The van der Waals surface area contributed by atoms with Crippen molar-refractivity contribution in [1.82, 2.24) is 15.2 Å². The van der Waals surface area contributed by atoms with Crippen LogP contribution in [0.25, 0.3) is 22.2 Å². The quantitative estimate of drug-likeness (QED) is 0.674. The number of H-pyrrole nitrogens is 1.